The predicted octanol–water partition coefficient (Wildman–Crippen LogP) is 3.71. The van der Waals surface area contributed by atoms with Gasteiger partial charge in [0.25, 0.3) is 5.91 Å². The number of carbonyl (C=O) groups is 2. The molecule has 4 rings (SSSR count). The molecule has 31 heavy (non-hydrogen) atoms. The Morgan fingerprint density at radius 1 is 1.10 bits per heavy atom. The van der Waals surface area contributed by atoms with Gasteiger partial charge >= 0.3 is 0 Å². The Morgan fingerprint density at radius 2 is 1.87 bits per heavy atom. The van der Waals surface area contributed by atoms with E-state index in [4.69, 9.17) is 0 Å². The van der Waals surface area contributed by atoms with Crippen molar-refractivity contribution in [1.82, 2.24) is 19.4 Å². The highest BCUT2D eigenvalue weighted by Crippen LogP contribution is 2.18. The van der Waals surface area contributed by atoms with Crippen LogP contribution in [0.2, 0.25) is 0 Å². The quantitative estimate of drug-likeness (QED) is 0.390. The van der Waals surface area contributed by atoms with Crippen LogP contribution in [-0.4, -0.2) is 25.9 Å². The molecule has 0 fully saturated rings. The van der Waals surface area contributed by atoms with Crippen LogP contribution in [0.25, 0.3) is 11.4 Å². The third-order valence-electron chi connectivity index (χ3n) is 4.40. The first-order valence-corrected chi connectivity index (χ1v) is 11.3. The van der Waals surface area contributed by atoms with Crippen LogP contribution in [0.15, 0.2) is 78.3 Å². The Morgan fingerprint density at radius 3 is 2.58 bits per heavy atom. The van der Waals surface area contributed by atoms with E-state index >= 15 is 0 Å². The second-order valence-corrected chi connectivity index (χ2v) is 9.61. The third-order valence-corrected chi connectivity index (χ3v) is 6.29. The summed E-state index contributed by atoms with van der Waals surface area (Å²) in [5.74, 6) is -0.345. The van der Waals surface area contributed by atoms with E-state index < -0.39 is 0 Å². The topological polar surface area (TPSA) is 81.3 Å². The lowest BCUT2D eigenvalue weighted by atomic mass is 10.2. The standard InChI is InChI=1S/C22H18IN5O2S/c1-15(29)26-21-4-2-3-11-28(21)18-7-5-17(6-8-18)27-13-16(25-14-27)12-24-22(30)19-9-10-20(23)31-19/h2-11,13-14H,12H2,1H3,(H,24,30). The van der Waals surface area contributed by atoms with Crippen molar-refractivity contribution in [2.24, 2.45) is 4.99 Å². The van der Waals surface area contributed by atoms with E-state index in [2.05, 4.69) is 37.9 Å². The fourth-order valence-electron chi connectivity index (χ4n) is 2.98. The van der Waals surface area contributed by atoms with Crippen molar-refractivity contribution in [3.63, 3.8) is 0 Å². The summed E-state index contributed by atoms with van der Waals surface area (Å²) >= 11 is 3.66. The number of benzene rings is 1. The summed E-state index contributed by atoms with van der Waals surface area (Å²) in [5, 5.41) is 2.90. The molecular weight excluding hydrogens is 525 g/mol. The summed E-state index contributed by atoms with van der Waals surface area (Å²) in [5.41, 5.74) is 3.17. The lowest BCUT2D eigenvalue weighted by Crippen LogP contribution is -2.21. The third kappa shape index (κ3) is 5.17. The first-order chi connectivity index (χ1) is 15.0. The van der Waals surface area contributed by atoms with Gasteiger partial charge in [-0.15, -0.1) is 11.3 Å². The highest BCUT2D eigenvalue weighted by Gasteiger charge is 2.09. The molecule has 3 heterocycles. The number of rotatable bonds is 5. The molecule has 1 N–H and O–H groups in total. The SMILES string of the molecule is CC(=O)N=c1ccccn1-c1ccc(-n2cnc(CNC(=O)c3ccc(I)s3)c2)cc1. The lowest BCUT2D eigenvalue weighted by Gasteiger charge is -2.09. The fraction of sp³-hybridized carbons (Fsp3) is 0.0909. The molecule has 3 aromatic heterocycles. The number of carbonyl (C=O) groups excluding carboxylic acids is 2. The Balaban J connectivity index is 1.48. The van der Waals surface area contributed by atoms with Gasteiger partial charge in [-0.25, -0.2) is 4.98 Å². The van der Waals surface area contributed by atoms with E-state index in [1.54, 1.807) is 12.4 Å². The molecule has 9 heteroatoms. The minimum absolute atomic E-state index is 0.0986. The summed E-state index contributed by atoms with van der Waals surface area (Å²) in [4.78, 5) is 32.7. The Hall–Kier alpha value is -3.05. The normalized spacial score (nSPS) is 11.5. The monoisotopic (exact) mass is 543 g/mol. The molecule has 1 aromatic carbocycles. The van der Waals surface area contributed by atoms with Gasteiger partial charge in [0, 0.05) is 30.7 Å². The van der Waals surface area contributed by atoms with Crippen LogP contribution in [0.1, 0.15) is 22.3 Å². The minimum atomic E-state index is -0.247. The Labute approximate surface area is 196 Å². The number of hydrogen-bond donors (Lipinski definition) is 1. The Bertz CT molecular complexity index is 1300. The molecule has 0 saturated carbocycles. The molecular formula is C22H18IN5O2S. The average Bonchev–Trinajstić information content (AvgIpc) is 3.41. The molecule has 0 aliphatic rings. The summed E-state index contributed by atoms with van der Waals surface area (Å²) < 4.78 is 4.83. The molecule has 0 saturated heterocycles. The first-order valence-electron chi connectivity index (χ1n) is 9.40. The highest BCUT2D eigenvalue weighted by atomic mass is 127. The number of halogens is 1. The molecule has 7 nitrogen and oxygen atoms in total. The zero-order valence-corrected chi connectivity index (χ0v) is 19.5. The van der Waals surface area contributed by atoms with Crippen molar-refractivity contribution in [1.29, 1.82) is 0 Å². The zero-order valence-electron chi connectivity index (χ0n) is 16.5. The lowest BCUT2D eigenvalue weighted by molar-refractivity contribution is -0.116. The van der Waals surface area contributed by atoms with Gasteiger partial charge in [0.05, 0.1) is 26.3 Å². The molecule has 0 spiro atoms. The van der Waals surface area contributed by atoms with Crippen molar-refractivity contribution < 1.29 is 9.59 Å². The zero-order chi connectivity index (χ0) is 21.8. The predicted molar refractivity (Wildman–Crippen MR) is 127 cm³/mol. The molecule has 2 amide bonds. The van der Waals surface area contributed by atoms with Crippen LogP contribution in [0, 0.1) is 2.88 Å². The smallest absolute Gasteiger partial charge is 0.261 e. The van der Waals surface area contributed by atoms with Gasteiger partial charge in [-0.2, -0.15) is 4.99 Å². The van der Waals surface area contributed by atoms with Gasteiger partial charge in [0.15, 0.2) is 0 Å². The molecule has 0 atom stereocenters. The number of aromatic nitrogens is 3. The maximum atomic E-state index is 12.2. The van der Waals surface area contributed by atoms with Crippen LogP contribution >= 0.6 is 33.9 Å². The number of imidazole rings is 1. The first kappa shape index (κ1) is 21.2. The van der Waals surface area contributed by atoms with Crippen molar-refractivity contribution in [2.45, 2.75) is 13.5 Å². The fourth-order valence-corrected chi connectivity index (χ4v) is 4.52. The maximum Gasteiger partial charge on any atom is 0.261 e. The molecule has 0 aliphatic heterocycles. The number of nitrogens with one attached hydrogen (secondary N) is 1. The molecule has 0 aliphatic carbocycles. The number of nitrogens with zero attached hydrogens (tertiary/aromatic N) is 4. The second-order valence-electron chi connectivity index (χ2n) is 6.63. The van der Waals surface area contributed by atoms with Crippen LogP contribution in [0.3, 0.4) is 0 Å². The summed E-state index contributed by atoms with van der Waals surface area (Å²) in [6.07, 6.45) is 5.47. The summed E-state index contributed by atoms with van der Waals surface area (Å²) in [6, 6.07) is 17.1. The van der Waals surface area contributed by atoms with Crippen molar-refractivity contribution in [3.05, 3.63) is 92.3 Å². The second kappa shape index (κ2) is 9.40. The molecule has 156 valence electrons. The summed E-state index contributed by atoms with van der Waals surface area (Å²) in [7, 11) is 0. The maximum absolute atomic E-state index is 12.2. The Kier molecular flexibility index (Phi) is 6.42. The van der Waals surface area contributed by atoms with Gasteiger partial charge in [0.2, 0.25) is 5.91 Å². The number of hydrogen-bond acceptors (Lipinski definition) is 4. The molecule has 4 aromatic rings. The van der Waals surface area contributed by atoms with Crippen LogP contribution in [0.5, 0.6) is 0 Å². The van der Waals surface area contributed by atoms with E-state index in [0.717, 1.165) is 20.0 Å². The van der Waals surface area contributed by atoms with Gasteiger partial charge in [0.1, 0.15) is 5.49 Å². The van der Waals surface area contributed by atoms with Crippen LogP contribution in [-0.2, 0) is 11.3 Å². The van der Waals surface area contributed by atoms with Crippen molar-refractivity contribution in [2.75, 3.05) is 0 Å². The largest absolute Gasteiger partial charge is 0.346 e. The number of thiophene rings is 1. The van der Waals surface area contributed by atoms with Crippen LogP contribution in [0.4, 0.5) is 0 Å². The van der Waals surface area contributed by atoms with Gasteiger partial charge in [-0.1, -0.05) is 6.07 Å². The molecule has 0 bridgehead atoms. The van der Waals surface area contributed by atoms with E-state index in [1.165, 1.54) is 18.3 Å². The average molecular weight is 543 g/mol. The van der Waals surface area contributed by atoms with Crippen LogP contribution < -0.4 is 10.8 Å². The van der Waals surface area contributed by atoms with E-state index in [9.17, 15) is 9.59 Å². The number of pyridine rings is 1. The highest BCUT2D eigenvalue weighted by molar-refractivity contribution is 14.1. The molecule has 0 unspecified atom stereocenters. The van der Waals surface area contributed by atoms with Crippen molar-refractivity contribution >= 4 is 45.7 Å². The molecule has 0 radical (unpaired) electrons. The van der Waals surface area contributed by atoms with E-state index in [1.807, 2.05) is 70.1 Å². The summed E-state index contributed by atoms with van der Waals surface area (Å²) in [6.45, 7) is 1.79. The van der Waals surface area contributed by atoms with Gasteiger partial charge in [-0.05, 0) is 71.1 Å². The minimum Gasteiger partial charge on any atom is -0.346 e. The van der Waals surface area contributed by atoms with E-state index in [-0.39, 0.29) is 11.8 Å². The van der Waals surface area contributed by atoms with Gasteiger partial charge < -0.3 is 14.5 Å². The van der Waals surface area contributed by atoms with Crippen molar-refractivity contribution in [3.8, 4) is 11.4 Å². The van der Waals surface area contributed by atoms with E-state index in [0.29, 0.717) is 16.9 Å². The number of amides is 2. The van der Waals surface area contributed by atoms with Gasteiger partial charge in [-0.3, -0.25) is 9.59 Å².